The van der Waals surface area contributed by atoms with Crippen LogP contribution < -0.4 is 0 Å². The van der Waals surface area contributed by atoms with Crippen molar-refractivity contribution in [2.75, 3.05) is 6.61 Å². The number of ether oxygens (including phenoxy) is 1. The van der Waals surface area contributed by atoms with Gasteiger partial charge in [-0.1, -0.05) is 30.3 Å². The van der Waals surface area contributed by atoms with Gasteiger partial charge in [-0.3, -0.25) is 4.79 Å². The highest BCUT2D eigenvalue weighted by Gasteiger charge is 2.50. The van der Waals surface area contributed by atoms with Crippen molar-refractivity contribution in [2.24, 2.45) is 0 Å². The van der Waals surface area contributed by atoms with Crippen molar-refractivity contribution in [2.45, 2.75) is 38.2 Å². The van der Waals surface area contributed by atoms with Crippen molar-refractivity contribution in [1.29, 1.82) is 0 Å². The Kier molecular flexibility index (Phi) is 3.10. The summed E-state index contributed by atoms with van der Waals surface area (Å²) >= 11 is 0. The van der Waals surface area contributed by atoms with Crippen LogP contribution in [0, 0.1) is 0 Å². The minimum atomic E-state index is -0.226. The average Bonchev–Trinajstić information content (AvgIpc) is 3.08. The lowest BCUT2D eigenvalue weighted by Gasteiger charge is -2.15. The second-order valence-corrected chi connectivity index (χ2v) is 4.73. The van der Waals surface area contributed by atoms with E-state index in [-0.39, 0.29) is 23.9 Å². The molecule has 0 amide bonds. The molecule has 0 bridgehead atoms. The van der Waals surface area contributed by atoms with Gasteiger partial charge in [0.1, 0.15) is 6.61 Å². The van der Waals surface area contributed by atoms with Crippen LogP contribution in [0.2, 0.25) is 0 Å². The Morgan fingerprint density at radius 3 is 2.44 bits per heavy atom. The number of benzene rings is 1. The third-order valence-corrected chi connectivity index (χ3v) is 3.16. The van der Waals surface area contributed by atoms with E-state index in [1.807, 2.05) is 44.2 Å². The van der Waals surface area contributed by atoms with E-state index >= 15 is 0 Å². The molecule has 0 N–H and O–H groups in total. The summed E-state index contributed by atoms with van der Waals surface area (Å²) in [4.78, 5) is 12.1. The molecule has 0 atom stereocenters. The van der Waals surface area contributed by atoms with Crippen molar-refractivity contribution >= 4 is 5.78 Å². The highest BCUT2D eigenvalue weighted by molar-refractivity contribution is 5.94. The number of rotatable bonds is 5. The molecule has 0 aliphatic heterocycles. The molecular weight excluding hydrogens is 200 g/mol. The maximum absolute atomic E-state index is 12.1. The molecule has 0 aromatic heterocycles. The van der Waals surface area contributed by atoms with E-state index in [9.17, 15) is 4.79 Å². The summed E-state index contributed by atoms with van der Waals surface area (Å²) < 4.78 is 5.40. The normalized spacial score (nSPS) is 17.4. The molecule has 0 saturated heterocycles. The van der Waals surface area contributed by atoms with Gasteiger partial charge in [0.05, 0.1) is 11.5 Å². The molecule has 1 aliphatic rings. The van der Waals surface area contributed by atoms with Crippen LogP contribution in [-0.4, -0.2) is 18.5 Å². The number of carbonyl (C=O) groups is 1. The SMILES string of the molecule is CC(C)OCC(=O)C1(c2ccccc2)CC1. The van der Waals surface area contributed by atoms with Crippen LogP contribution >= 0.6 is 0 Å². The van der Waals surface area contributed by atoms with Crippen molar-refractivity contribution < 1.29 is 9.53 Å². The topological polar surface area (TPSA) is 26.3 Å². The fourth-order valence-electron chi connectivity index (χ4n) is 1.99. The molecule has 1 aliphatic carbocycles. The van der Waals surface area contributed by atoms with Crippen LogP contribution in [0.15, 0.2) is 30.3 Å². The van der Waals surface area contributed by atoms with E-state index in [1.165, 1.54) is 0 Å². The molecule has 0 unspecified atom stereocenters. The molecule has 0 spiro atoms. The first-order chi connectivity index (χ1) is 7.65. The maximum Gasteiger partial charge on any atom is 0.168 e. The summed E-state index contributed by atoms with van der Waals surface area (Å²) in [5.41, 5.74) is 0.920. The van der Waals surface area contributed by atoms with E-state index in [4.69, 9.17) is 4.74 Å². The number of hydrogen-bond acceptors (Lipinski definition) is 2. The van der Waals surface area contributed by atoms with Gasteiger partial charge in [-0.15, -0.1) is 0 Å². The number of ketones is 1. The van der Waals surface area contributed by atoms with E-state index < -0.39 is 0 Å². The van der Waals surface area contributed by atoms with Crippen molar-refractivity contribution in [1.82, 2.24) is 0 Å². The average molecular weight is 218 g/mol. The van der Waals surface area contributed by atoms with Crippen LogP contribution in [0.4, 0.5) is 0 Å². The zero-order valence-electron chi connectivity index (χ0n) is 9.90. The largest absolute Gasteiger partial charge is 0.371 e. The molecule has 2 nitrogen and oxygen atoms in total. The van der Waals surface area contributed by atoms with Gasteiger partial charge in [0.2, 0.25) is 0 Å². The summed E-state index contributed by atoms with van der Waals surface area (Å²) in [5, 5.41) is 0. The maximum atomic E-state index is 12.1. The first-order valence-electron chi connectivity index (χ1n) is 5.85. The highest BCUT2D eigenvalue weighted by atomic mass is 16.5. The number of hydrogen-bond donors (Lipinski definition) is 0. The van der Waals surface area contributed by atoms with Gasteiger partial charge in [0.15, 0.2) is 5.78 Å². The predicted octanol–water partition coefficient (Wildman–Crippen LogP) is 2.71. The smallest absolute Gasteiger partial charge is 0.168 e. The van der Waals surface area contributed by atoms with Crippen LogP contribution in [0.25, 0.3) is 0 Å². The third kappa shape index (κ3) is 2.17. The van der Waals surface area contributed by atoms with Gasteiger partial charge in [-0.05, 0) is 32.3 Å². The van der Waals surface area contributed by atoms with Gasteiger partial charge in [0, 0.05) is 0 Å². The lowest BCUT2D eigenvalue weighted by atomic mass is 9.92. The Balaban J connectivity index is 2.06. The zero-order chi connectivity index (χ0) is 11.6. The molecule has 2 rings (SSSR count). The van der Waals surface area contributed by atoms with E-state index in [2.05, 4.69) is 0 Å². The molecule has 2 heteroatoms. The fraction of sp³-hybridized carbons (Fsp3) is 0.500. The summed E-state index contributed by atoms with van der Waals surface area (Å²) in [7, 11) is 0. The molecule has 1 saturated carbocycles. The van der Waals surface area contributed by atoms with E-state index in [0.29, 0.717) is 0 Å². The summed E-state index contributed by atoms with van der Waals surface area (Å²) in [5.74, 6) is 0.229. The predicted molar refractivity (Wildman–Crippen MR) is 63.4 cm³/mol. The summed E-state index contributed by atoms with van der Waals surface area (Å²) in [6.07, 6.45) is 2.06. The summed E-state index contributed by atoms with van der Waals surface area (Å²) in [6.45, 7) is 4.15. The van der Waals surface area contributed by atoms with Gasteiger partial charge in [-0.2, -0.15) is 0 Å². The molecule has 1 aromatic rings. The zero-order valence-corrected chi connectivity index (χ0v) is 9.90. The second kappa shape index (κ2) is 4.38. The van der Waals surface area contributed by atoms with Gasteiger partial charge in [0.25, 0.3) is 0 Å². The first kappa shape index (κ1) is 11.3. The minimum Gasteiger partial charge on any atom is -0.371 e. The quantitative estimate of drug-likeness (QED) is 0.759. The van der Waals surface area contributed by atoms with Crippen molar-refractivity contribution in [3.63, 3.8) is 0 Å². The Bertz CT molecular complexity index is 364. The van der Waals surface area contributed by atoms with Crippen LogP contribution in [-0.2, 0) is 14.9 Å². The fourth-order valence-corrected chi connectivity index (χ4v) is 1.99. The van der Waals surface area contributed by atoms with Crippen molar-refractivity contribution in [3.05, 3.63) is 35.9 Å². The van der Waals surface area contributed by atoms with E-state index in [1.54, 1.807) is 0 Å². The Morgan fingerprint density at radius 2 is 1.94 bits per heavy atom. The number of carbonyl (C=O) groups excluding carboxylic acids is 1. The first-order valence-corrected chi connectivity index (χ1v) is 5.85. The standard InChI is InChI=1S/C14H18O2/c1-11(2)16-10-13(15)14(8-9-14)12-6-4-3-5-7-12/h3-7,11H,8-10H2,1-2H3. The third-order valence-electron chi connectivity index (χ3n) is 3.16. The Morgan fingerprint density at radius 1 is 1.31 bits per heavy atom. The van der Waals surface area contributed by atoms with E-state index in [0.717, 1.165) is 18.4 Å². The number of Topliss-reactive ketones (excluding diaryl/α,β-unsaturated/α-hetero) is 1. The lowest BCUT2D eigenvalue weighted by Crippen LogP contribution is -2.26. The molecular formula is C14H18O2. The Labute approximate surface area is 96.6 Å². The van der Waals surface area contributed by atoms with Gasteiger partial charge < -0.3 is 4.74 Å². The molecule has 16 heavy (non-hydrogen) atoms. The monoisotopic (exact) mass is 218 g/mol. The van der Waals surface area contributed by atoms with Crippen LogP contribution in [0.3, 0.4) is 0 Å². The molecule has 0 radical (unpaired) electrons. The summed E-state index contributed by atoms with van der Waals surface area (Å²) in [6, 6.07) is 10.0. The molecule has 0 heterocycles. The highest BCUT2D eigenvalue weighted by Crippen LogP contribution is 2.48. The Hall–Kier alpha value is -1.15. The van der Waals surface area contributed by atoms with Gasteiger partial charge >= 0.3 is 0 Å². The second-order valence-electron chi connectivity index (χ2n) is 4.73. The molecule has 86 valence electrons. The van der Waals surface area contributed by atoms with Gasteiger partial charge in [-0.25, -0.2) is 0 Å². The van der Waals surface area contributed by atoms with Crippen molar-refractivity contribution in [3.8, 4) is 0 Å². The van der Waals surface area contributed by atoms with Crippen LogP contribution in [0.1, 0.15) is 32.3 Å². The molecule has 1 aromatic carbocycles. The minimum absolute atomic E-state index is 0.121. The lowest BCUT2D eigenvalue weighted by molar-refractivity contribution is -0.127. The molecule has 1 fully saturated rings. The van der Waals surface area contributed by atoms with Crippen LogP contribution in [0.5, 0.6) is 0 Å².